The number of thioether (sulfide) groups is 1. The molecule has 0 fully saturated rings. The van der Waals surface area contributed by atoms with Crippen LogP contribution in [0.5, 0.6) is 0 Å². The molecular formula is C21H21N3O4S2. The molecule has 4 rings (SSSR count). The molecule has 0 aliphatic heterocycles. The highest BCUT2D eigenvalue weighted by molar-refractivity contribution is 7.99. The summed E-state index contributed by atoms with van der Waals surface area (Å²) in [6.07, 6.45) is 3.00. The van der Waals surface area contributed by atoms with Crippen LogP contribution in [0, 0.1) is 5.92 Å². The molecule has 0 radical (unpaired) electrons. The van der Waals surface area contributed by atoms with Crippen LogP contribution in [-0.4, -0.2) is 34.7 Å². The number of hydrogen-bond acceptors (Lipinski definition) is 7. The van der Waals surface area contributed by atoms with Crippen molar-refractivity contribution in [3.8, 4) is 0 Å². The predicted octanol–water partition coefficient (Wildman–Crippen LogP) is 3.63. The molecule has 156 valence electrons. The molecule has 1 aliphatic rings. The molecule has 2 heterocycles. The lowest BCUT2D eigenvalue weighted by molar-refractivity contribution is -0.113. The third-order valence-electron chi connectivity index (χ3n) is 5.05. The van der Waals surface area contributed by atoms with E-state index in [0.29, 0.717) is 27.7 Å². The summed E-state index contributed by atoms with van der Waals surface area (Å²) >= 11 is 2.76. The smallest absolute Gasteiger partial charge is 0.337 e. The highest BCUT2D eigenvalue weighted by Gasteiger charge is 2.23. The molecule has 30 heavy (non-hydrogen) atoms. The van der Waals surface area contributed by atoms with Crippen molar-refractivity contribution in [1.29, 1.82) is 0 Å². The van der Waals surface area contributed by atoms with Crippen molar-refractivity contribution >= 4 is 50.9 Å². The zero-order valence-electron chi connectivity index (χ0n) is 16.6. The van der Waals surface area contributed by atoms with Crippen molar-refractivity contribution in [3.63, 3.8) is 0 Å². The topological polar surface area (TPSA) is 101 Å². The molecule has 0 bridgehead atoms. The van der Waals surface area contributed by atoms with E-state index in [1.165, 1.54) is 23.7 Å². The molecular weight excluding hydrogens is 422 g/mol. The Bertz CT molecular complexity index is 1180. The molecule has 0 saturated heterocycles. The van der Waals surface area contributed by atoms with Crippen molar-refractivity contribution in [3.05, 3.63) is 50.6 Å². The Morgan fingerprint density at radius 2 is 2.23 bits per heavy atom. The monoisotopic (exact) mass is 443 g/mol. The van der Waals surface area contributed by atoms with Crippen LogP contribution in [0.3, 0.4) is 0 Å². The van der Waals surface area contributed by atoms with Gasteiger partial charge in [-0.2, -0.15) is 0 Å². The Kier molecular flexibility index (Phi) is 5.92. The number of anilines is 1. The van der Waals surface area contributed by atoms with Crippen molar-refractivity contribution in [2.75, 3.05) is 18.2 Å². The molecule has 1 amide bonds. The van der Waals surface area contributed by atoms with Gasteiger partial charge in [0.25, 0.3) is 5.56 Å². The van der Waals surface area contributed by atoms with Crippen LogP contribution < -0.4 is 10.9 Å². The van der Waals surface area contributed by atoms with Crippen molar-refractivity contribution < 1.29 is 14.3 Å². The van der Waals surface area contributed by atoms with Crippen LogP contribution in [-0.2, 0) is 22.4 Å². The van der Waals surface area contributed by atoms with Crippen LogP contribution in [0.15, 0.2) is 34.2 Å². The van der Waals surface area contributed by atoms with Crippen LogP contribution in [0.1, 0.15) is 34.1 Å². The Balaban J connectivity index is 1.45. The summed E-state index contributed by atoms with van der Waals surface area (Å²) < 4.78 is 4.69. The van der Waals surface area contributed by atoms with Gasteiger partial charge in [-0.3, -0.25) is 9.59 Å². The van der Waals surface area contributed by atoms with Crippen LogP contribution >= 0.6 is 23.1 Å². The fraction of sp³-hybridized carbons (Fsp3) is 0.333. The molecule has 9 heteroatoms. The average Bonchev–Trinajstić information content (AvgIpc) is 3.09. The average molecular weight is 444 g/mol. The molecule has 7 nitrogen and oxygen atoms in total. The lowest BCUT2D eigenvalue weighted by Crippen LogP contribution is -2.16. The molecule has 1 aromatic carbocycles. The SMILES string of the molecule is COC(=O)c1cccc(NC(=O)CSc2nc3sc4c(c3c(=O)[nH]2)CC[C@@H](C)C4)c1. The maximum Gasteiger partial charge on any atom is 0.337 e. The summed E-state index contributed by atoms with van der Waals surface area (Å²) in [6.45, 7) is 2.23. The normalized spacial score (nSPS) is 15.6. The number of aryl methyl sites for hydroxylation is 1. The molecule has 1 aliphatic carbocycles. The number of benzene rings is 1. The van der Waals surface area contributed by atoms with Gasteiger partial charge >= 0.3 is 5.97 Å². The maximum absolute atomic E-state index is 12.6. The fourth-order valence-electron chi connectivity index (χ4n) is 3.57. The number of rotatable bonds is 5. The minimum atomic E-state index is -0.469. The minimum absolute atomic E-state index is 0.0824. The number of aromatic nitrogens is 2. The Labute approximate surface area is 181 Å². The van der Waals surface area contributed by atoms with Gasteiger partial charge in [-0.15, -0.1) is 11.3 Å². The van der Waals surface area contributed by atoms with Gasteiger partial charge in [-0.05, 0) is 48.9 Å². The molecule has 0 unspecified atom stereocenters. The number of carbonyl (C=O) groups is 2. The highest BCUT2D eigenvalue weighted by atomic mass is 32.2. The van der Waals surface area contributed by atoms with Gasteiger partial charge in [0.05, 0.1) is 23.8 Å². The number of nitrogens with zero attached hydrogens (tertiary/aromatic N) is 1. The van der Waals surface area contributed by atoms with Crippen LogP contribution in [0.4, 0.5) is 5.69 Å². The molecule has 2 N–H and O–H groups in total. The minimum Gasteiger partial charge on any atom is -0.465 e. The van der Waals surface area contributed by atoms with Gasteiger partial charge < -0.3 is 15.0 Å². The van der Waals surface area contributed by atoms with E-state index < -0.39 is 5.97 Å². The lowest BCUT2D eigenvalue weighted by atomic mass is 9.89. The summed E-state index contributed by atoms with van der Waals surface area (Å²) in [4.78, 5) is 45.9. The third-order valence-corrected chi connectivity index (χ3v) is 7.07. The van der Waals surface area contributed by atoms with Crippen molar-refractivity contribution in [2.45, 2.75) is 31.3 Å². The number of ether oxygens (including phenoxy) is 1. The van der Waals surface area contributed by atoms with Crippen LogP contribution in [0.2, 0.25) is 0 Å². The number of amides is 1. The van der Waals surface area contributed by atoms with E-state index in [9.17, 15) is 14.4 Å². The zero-order chi connectivity index (χ0) is 21.3. The molecule has 0 saturated carbocycles. The number of carbonyl (C=O) groups excluding carboxylic acids is 2. The predicted molar refractivity (Wildman–Crippen MR) is 119 cm³/mol. The van der Waals surface area contributed by atoms with E-state index in [1.54, 1.807) is 35.6 Å². The third kappa shape index (κ3) is 4.27. The molecule has 2 aromatic heterocycles. The number of esters is 1. The summed E-state index contributed by atoms with van der Waals surface area (Å²) in [5, 5.41) is 3.88. The standard InChI is InChI=1S/C21H21N3O4S2/c1-11-6-7-14-15(8-11)30-19-17(14)18(26)23-21(24-19)29-10-16(25)22-13-5-3-4-12(9-13)20(27)28-2/h3-5,9,11H,6-8,10H2,1-2H3,(H,22,25)(H,23,24,26)/t11-/m1/s1. The van der Waals surface area contributed by atoms with Gasteiger partial charge in [-0.25, -0.2) is 9.78 Å². The fourth-order valence-corrected chi connectivity index (χ4v) is 5.67. The van der Waals surface area contributed by atoms with Gasteiger partial charge in [0, 0.05) is 10.6 Å². The lowest BCUT2D eigenvalue weighted by Gasteiger charge is -2.17. The quantitative estimate of drug-likeness (QED) is 0.355. The largest absolute Gasteiger partial charge is 0.465 e. The van der Waals surface area contributed by atoms with Gasteiger partial charge in [0.1, 0.15) is 4.83 Å². The van der Waals surface area contributed by atoms with E-state index in [-0.39, 0.29) is 17.2 Å². The first-order chi connectivity index (χ1) is 14.4. The van der Waals surface area contributed by atoms with E-state index in [2.05, 4.69) is 26.9 Å². The number of thiophene rings is 1. The Morgan fingerprint density at radius 1 is 1.40 bits per heavy atom. The van der Waals surface area contributed by atoms with Gasteiger partial charge in [0.2, 0.25) is 5.91 Å². The van der Waals surface area contributed by atoms with E-state index in [1.807, 2.05) is 0 Å². The number of H-pyrrole nitrogens is 1. The first-order valence-electron chi connectivity index (χ1n) is 9.60. The maximum atomic E-state index is 12.6. The summed E-state index contributed by atoms with van der Waals surface area (Å²) in [6, 6.07) is 6.53. The number of aromatic amines is 1. The number of hydrogen-bond donors (Lipinski definition) is 2. The van der Waals surface area contributed by atoms with Gasteiger partial charge in [0.15, 0.2) is 5.16 Å². The molecule has 1 atom stereocenters. The van der Waals surface area contributed by atoms with Crippen molar-refractivity contribution in [1.82, 2.24) is 9.97 Å². The zero-order valence-corrected chi connectivity index (χ0v) is 18.2. The summed E-state index contributed by atoms with van der Waals surface area (Å²) in [5.41, 5.74) is 1.86. The second-order valence-corrected chi connectivity index (χ2v) is 9.36. The molecule has 0 spiro atoms. The summed E-state index contributed by atoms with van der Waals surface area (Å²) in [5.74, 6) is -0.0218. The Morgan fingerprint density at radius 3 is 3.03 bits per heavy atom. The molecule has 3 aromatic rings. The van der Waals surface area contributed by atoms with Crippen LogP contribution in [0.25, 0.3) is 10.2 Å². The second kappa shape index (κ2) is 8.61. The highest BCUT2D eigenvalue weighted by Crippen LogP contribution is 2.36. The van der Waals surface area contributed by atoms with E-state index >= 15 is 0 Å². The number of nitrogens with one attached hydrogen (secondary N) is 2. The van der Waals surface area contributed by atoms with Crippen molar-refractivity contribution in [2.24, 2.45) is 5.92 Å². The van der Waals surface area contributed by atoms with Gasteiger partial charge in [-0.1, -0.05) is 24.8 Å². The Hall–Kier alpha value is -2.65. The van der Waals surface area contributed by atoms with E-state index in [0.717, 1.165) is 29.7 Å². The number of methoxy groups -OCH3 is 1. The summed E-state index contributed by atoms with van der Waals surface area (Å²) in [7, 11) is 1.30. The first-order valence-corrected chi connectivity index (χ1v) is 11.4. The van der Waals surface area contributed by atoms with E-state index in [4.69, 9.17) is 0 Å². The second-order valence-electron chi connectivity index (χ2n) is 7.31. The number of fused-ring (bicyclic) bond motifs is 3. The first kappa shape index (κ1) is 20.6.